The second kappa shape index (κ2) is 8.66. The molecule has 3 amide bonds. The zero-order valence-electron chi connectivity index (χ0n) is 11.2. The van der Waals surface area contributed by atoms with E-state index in [0.29, 0.717) is 13.1 Å². The van der Waals surface area contributed by atoms with Gasteiger partial charge in [0.05, 0.1) is 13.2 Å². The zero-order chi connectivity index (χ0) is 14.1. The predicted octanol–water partition coefficient (Wildman–Crippen LogP) is 0.235. The Morgan fingerprint density at radius 3 is 2.63 bits per heavy atom. The predicted molar refractivity (Wildman–Crippen MR) is 72.7 cm³/mol. The molecule has 0 aromatic heterocycles. The molecule has 3 N–H and O–H groups in total. The van der Waals surface area contributed by atoms with Gasteiger partial charge in [-0.15, -0.1) is 6.58 Å². The van der Waals surface area contributed by atoms with Gasteiger partial charge in [0.2, 0.25) is 5.91 Å². The molecule has 0 aliphatic heterocycles. The summed E-state index contributed by atoms with van der Waals surface area (Å²) in [6.45, 7) is 4.50. The first kappa shape index (κ1) is 15.7. The Balaban J connectivity index is 2.27. The number of aliphatic hydroxyl groups is 1. The number of carbonyl (C=O) groups is 2. The third-order valence-corrected chi connectivity index (χ3v) is 3.11. The molecule has 0 unspecified atom stereocenters. The van der Waals surface area contributed by atoms with Crippen molar-refractivity contribution in [2.24, 2.45) is 0 Å². The molecular formula is C13H23N3O3. The highest BCUT2D eigenvalue weighted by molar-refractivity contribution is 5.95. The van der Waals surface area contributed by atoms with E-state index >= 15 is 0 Å². The SMILES string of the molecule is C=CCN(CCO)CC(=O)NC(=O)NC1CCCC1. The number of urea groups is 1. The molecule has 0 aromatic rings. The van der Waals surface area contributed by atoms with E-state index in [1.54, 1.807) is 11.0 Å². The van der Waals surface area contributed by atoms with Crippen LogP contribution in [0, 0.1) is 0 Å². The summed E-state index contributed by atoms with van der Waals surface area (Å²) >= 11 is 0. The first-order valence-corrected chi connectivity index (χ1v) is 6.70. The molecule has 6 heteroatoms. The Labute approximate surface area is 113 Å². The van der Waals surface area contributed by atoms with E-state index in [0.717, 1.165) is 25.7 Å². The minimum atomic E-state index is -0.431. The monoisotopic (exact) mass is 269 g/mol. The summed E-state index contributed by atoms with van der Waals surface area (Å²) in [5.74, 6) is -0.370. The van der Waals surface area contributed by atoms with Crippen LogP contribution in [0.15, 0.2) is 12.7 Å². The number of carbonyl (C=O) groups excluding carboxylic acids is 2. The van der Waals surface area contributed by atoms with E-state index in [2.05, 4.69) is 17.2 Å². The molecule has 1 saturated carbocycles. The van der Waals surface area contributed by atoms with Gasteiger partial charge in [0.15, 0.2) is 0 Å². The molecule has 19 heavy (non-hydrogen) atoms. The molecule has 1 rings (SSSR count). The molecule has 0 spiro atoms. The third kappa shape index (κ3) is 6.35. The second-order valence-corrected chi connectivity index (χ2v) is 4.75. The largest absolute Gasteiger partial charge is 0.395 e. The molecule has 1 aliphatic carbocycles. The Hall–Kier alpha value is -1.40. The smallest absolute Gasteiger partial charge is 0.321 e. The average molecular weight is 269 g/mol. The van der Waals surface area contributed by atoms with Crippen LogP contribution in [0.1, 0.15) is 25.7 Å². The molecule has 0 radical (unpaired) electrons. The van der Waals surface area contributed by atoms with Gasteiger partial charge in [-0.05, 0) is 12.8 Å². The Morgan fingerprint density at radius 1 is 1.37 bits per heavy atom. The maximum Gasteiger partial charge on any atom is 0.321 e. The second-order valence-electron chi connectivity index (χ2n) is 4.75. The molecule has 0 bridgehead atoms. The normalized spacial score (nSPS) is 15.5. The minimum absolute atomic E-state index is 0.0324. The van der Waals surface area contributed by atoms with Gasteiger partial charge in [0.1, 0.15) is 0 Å². The van der Waals surface area contributed by atoms with Gasteiger partial charge in [-0.1, -0.05) is 18.9 Å². The van der Waals surface area contributed by atoms with Crippen molar-refractivity contribution in [2.45, 2.75) is 31.7 Å². The van der Waals surface area contributed by atoms with Gasteiger partial charge in [-0.25, -0.2) is 4.79 Å². The number of nitrogens with zero attached hydrogens (tertiary/aromatic N) is 1. The standard InChI is InChI=1S/C13H23N3O3/c1-2-7-16(8-9-17)10-12(18)15-13(19)14-11-5-3-4-6-11/h2,11,17H,1,3-10H2,(H2,14,15,18,19). The van der Waals surface area contributed by atoms with Gasteiger partial charge in [-0.3, -0.25) is 15.0 Å². The summed E-state index contributed by atoms with van der Waals surface area (Å²) in [4.78, 5) is 24.9. The van der Waals surface area contributed by atoms with E-state index in [1.165, 1.54) is 0 Å². The lowest BCUT2D eigenvalue weighted by molar-refractivity contribution is -0.121. The Morgan fingerprint density at radius 2 is 2.05 bits per heavy atom. The van der Waals surface area contributed by atoms with E-state index < -0.39 is 6.03 Å². The van der Waals surface area contributed by atoms with Crippen LogP contribution in [0.5, 0.6) is 0 Å². The fraction of sp³-hybridized carbons (Fsp3) is 0.692. The van der Waals surface area contributed by atoms with Crippen molar-refractivity contribution < 1.29 is 14.7 Å². The summed E-state index contributed by atoms with van der Waals surface area (Å²) < 4.78 is 0. The van der Waals surface area contributed by atoms with Crippen LogP contribution in [0.3, 0.4) is 0 Å². The fourth-order valence-corrected chi connectivity index (χ4v) is 2.22. The summed E-state index contributed by atoms with van der Waals surface area (Å²) in [5.41, 5.74) is 0. The molecule has 108 valence electrons. The molecule has 0 saturated heterocycles. The highest BCUT2D eigenvalue weighted by atomic mass is 16.3. The highest BCUT2D eigenvalue weighted by Crippen LogP contribution is 2.17. The van der Waals surface area contributed by atoms with Crippen molar-refractivity contribution in [1.82, 2.24) is 15.5 Å². The molecule has 0 aromatic carbocycles. The molecule has 0 atom stereocenters. The third-order valence-electron chi connectivity index (χ3n) is 3.11. The van der Waals surface area contributed by atoms with Crippen molar-refractivity contribution in [1.29, 1.82) is 0 Å². The first-order chi connectivity index (χ1) is 9.15. The number of hydrogen-bond donors (Lipinski definition) is 3. The number of imide groups is 1. The van der Waals surface area contributed by atoms with Gasteiger partial charge in [0, 0.05) is 19.1 Å². The van der Waals surface area contributed by atoms with Crippen molar-refractivity contribution in [2.75, 3.05) is 26.2 Å². The highest BCUT2D eigenvalue weighted by Gasteiger charge is 2.18. The minimum Gasteiger partial charge on any atom is -0.395 e. The van der Waals surface area contributed by atoms with Crippen LogP contribution in [0.25, 0.3) is 0 Å². The summed E-state index contributed by atoms with van der Waals surface area (Å²) in [6, 6.07) is -0.242. The van der Waals surface area contributed by atoms with E-state index in [4.69, 9.17) is 5.11 Å². The van der Waals surface area contributed by atoms with Crippen LogP contribution in [-0.2, 0) is 4.79 Å². The fourth-order valence-electron chi connectivity index (χ4n) is 2.22. The van der Waals surface area contributed by atoms with Crippen LogP contribution in [-0.4, -0.2) is 54.2 Å². The maximum atomic E-state index is 11.7. The zero-order valence-corrected chi connectivity index (χ0v) is 11.2. The number of rotatable bonds is 7. The number of amides is 3. The lowest BCUT2D eigenvalue weighted by atomic mass is 10.2. The van der Waals surface area contributed by atoms with Crippen LogP contribution >= 0.6 is 0 Å². The Bertz CT molecular complexity index is 314. The molecule has 0 heterocycles. The van der Waals surface area contributed by atoms with E-state index in [1.807, 2.05) is 0 Å². The molecule has 1 fully saturated rings. The van der Waals surface area contributed by atoms with Crippen LogP contribution in [0.4, 0.5) is 4.79 Å². The van der Waals surface area contributed by atoms with Gasteiger partial charge in [-0.2, -0.15) is 0 Å². The van der Waals surface area contributed by atoms with E-state index in [9.17, 15) is 9.59 Å². The van der Waals surface area contributed by atoms with Gasteiger partial charge < -0.3 is 10.4 Å². The summed E-state index contributed by atoms with van der Waals surface area (Å²) in [6.07, 6.45) is 5.87. The van der Waals surface area contributed by atoms with Crippen molar-refractivity contribution in [3.63, 3.8) is 0 Å². The van der Waals surface area contributed by atoms with Crippen LogP contribution < -0.4 is 10.6 Å². The lowest BCUT2D eigenvalue weighted by Gasteiger charge is -2.19. The van der Waals surface area contributed by atoms with Crippen molar-refractivity contribution in [3.05, 3.63) is 12.7 Å². The number of hydrogen-bond acceptors (Lipinski definition) is 4. The summed E-state index contributed by atoms with van der Waals surface area (Å²) in [5, 5.41) is 14.0. The maximum absolute atomic E-state index is 11.7. The molecule has 6 nitrogen and oxygen atoms in total. The van der Waals surface area contributed by atoms with Gasteiger partial charge in [0.25, 0.3) is 0 Å². The molecule has 1 aliphatic rings. The quantitative estimate of drug-likeness (QED) is 0.578. The van der Waals surface area contributed by atoms with E-state index in [-0.39, 0.29) is 25.1 Å². The van der Waals surface area contributed by atoms with Gasteiger partial charge >= 0.3 is 6.03 Å². The first-order valence-electron chi connectivity index (χ1n) is 6.70. The molecular weight excluding hydrogens is 246 g/mol. The number of nitrogens with one attached hydrogen (secondary N) is 2. The topological polar surface area (TPSA) is 81.7 Å². The lowest BCUT2D eigenvalue weighted by Crippen LogP contribution is -2.47. The average Bonchev–Trinajstić information content (AvgIpc) is 2.81. The Kier molecular flexibility index (Phi) is 7.14. The number of aliphatic hydroxyl groups excluding tert-OH is 1. The van der Waals surface area contributed by atoms with Crippen molar-refractivity contribution >= 4 is 11.9 Å². The summed E-state index contributed by atoms with van der Waals surface area (Å²) in [7, 11) is 0. The van der Waals surface area contributed by atoms with Crippen molar-refractivity contribution in [3.8, 4) is 0 Å². The van der Waals surface area contributed by atoms with Crippen LogP contribution in [0.2, 0.25) is 0 Å².